The van der Waals surface area contributed by atoms with Gasteiger partial charge in [-0.3, -0.25) is 0 Å². The number of rotatable bonds is 1. The molecule has 0 aliphatic heterocycles. The lowest BCUT2D eigenvalue weighted by Gasteiger charge is -2.40. The predicted molar refractivity (Wildman–Crippen MR) is 57.7 cm³/mol. The largest absolute Gasteiger partial charge is 0.248 e. The van der Waals surface area contributed by atoms with Crippen molar-refractivity contribution in [2.45, 2.75) is 66.2 Å². The molecule has 1 rings (SSSR count). The van der Waals surface area contributed by atoms with Gasteiger partial charge in [0.25, 0.3) is 0 Å². The van der Waals surface area contributed by atoms with Crippen LogP contribution in [0.2, 0.25) is 0 Å². The van der Waals surface area contributed by atoms with Crippen molar-refractivity contribution in [3.63, 3.8) is 0 Å². The van der Waals surface area contributed by atoms with Gasteiger partial charge in [0.05, 0.1) is 0 Å². The number of alkyl halides is 2. The average molecular weight is 206 g/mol. The Labute approximate surface area is 87.1 Å². The molecule has 0 aromatic carbocycles. The van der Waals surface area contributed by atoms with E-state index in [4.69, 9.17) is 0 Å². The third kappa shape index (κ3) is 3.55. The van der Waals surface area contributed by atoms with Crippen molar-refractivity contribution in [1.29, 1.82) is 0 Å². The highest BCUT2D eigenvalue weighted by atomic mass is 19.3. The third-order valence-electron chi connectivity index (χ3n) is 3.52. The fourth-order valence-corrected chi connectivity index (χ4v) is 1.76. The second kappa shape index (κ2) is 5.09. The molecule has 1 fully saturated rings. The Bertz CT molecular complexity index is 152. The number of halogens is 2. The number of hydrogen-bond donors (Lipinski definition) is 0. The van der Waals surface area contributed by atoms with Crippen LogP contribution in [0, 0.1) is 11.3 Å². The van der Waals surface area contributed by atoms with Crippen LogP contribution in [0.5, 0.6) is 0 Å². The lowest BCUT2D eigenvalue weighted by molar-refractivity contribution is -0.0728. The Balaban J connectivity index is 0.000000791. The highest BCUT2D eigenvalue weighted by Gasteiger charge is 2.41. The van der Waals surface area contributed by atoms with E-state index in [-0.39, 0.29) is 18.3 Å². The highest BCUT2D eigenvalue weighted by molar-refractivity contribution is 4.87. The SMILES string of the molecule is CC.CC(C)C1(C)CCC(F)(F)CC1. The molecule has 0 spiro atoms. The van der Waals surface area contributed by atoms with Crippen molar-refractivity contribution in [1.82, 2.24) is 0 Å². The molecule has 0 aromatic heterocycles. The van der Waals surface area contributed by atoms with Gasteiger partial charge in [0.15, 0.2) is 0 Å². The predicted octanol–water partition coefficient (Wildman–Crippen LogP) is 4.88. The lowest BCUT2D eigenvalue weighted by Crippen LogP contribution is -2.34. The van der Waals surface area contributed by atoms with Gasteiger partial charge in [-0.25, -0.2) is 8.78 Å². The fraction of sp³-hybridized carbons (Fsp3) is 1.00. The van der Waals surface area contributed by atoms with Gasteiger partial charge >= 0.3 is 0 Å². The minimum absolute atomic E-state index is 0.0850. The second-order valence-electron chi connectivity index (χ2n) is 4.66. The summed E-state index contributed by atoms with van der Waals surface area (Å²) in [5.41, 5.74) is 0.154. The molecule has 0 N–H and O–H groups in total. The normalized spacial score (nSPS) is 24.0. The van der Waals surface area contributed by atoms with Crippen LogP contribution in [0.25, 0.3) is 0 Å². The monoisotopic (exact) mass is 206 g/mol. The molecule has 0 unspecified atom stereocenters. The van der Waals surface area contributed by atoms with E-state index in [2.05, 4.69) is 20.8 Å². The molecule has 2 heteroatoms. The molecule has 0 nitrogen and oxygen atoms in total. The van der Waals surface area contributed by atoms with Crippen molar-refractivity contribution in [3.8, 4) is 0 Å². The van der Waals surface area contributed by atoms with E-state index in [1.165, 1.54) is 0 Å². The Morgan fingerprint density at radius 3 is 1.57 bits per heavy atom. The molecule has 1 aliphatic carbocycles. The van der Waals surface area contributed by atoms with Gasteiger partial charge in [0.2, 0.25) is 5.92 Å². The van der Waals surface area contributed by atoms with Gasteiger partial charge in [-0.05, 0) is 24.2 Å². The van der Waals surface area contributed by atoms with Gasteiger partial charge in [-0.1, -0.05) is 34.6 Å². The summed E-state index contributed by atoms with van der Waals surface area (Å²) < 4.78 is 25.6. The summed E-state index contributed by atoms with van der Waals surface area (Å²) in [5.74, 6) is -1.86. The van der Waals surface area contributed by atoms with E-state index in [0.717, 1.165) is 0 Å². The minimum Gasteiger partial charge on any atom is -0.207 e. The van der Waals surface area contributed by atoms with Gasteiger partial charge < -0.3 is 0 Å². The van der Waals surface area contributed by atoms with Crippen molar-refractivity contribution >= 4 is 0 Å². The maximum Gasteiger partial charge on any atom is 0.248 e. The van der Waals surface area contributed by atoms with Crippen LogP contribution >= 0.6 is 0 Å². The van der Waals surface area contributed by atoms with E-state index >= 15 is 0 Å². The van der Waals surface area contributed by atoms with Gasteiger partial charge in [-0.2, -0.15) is 0 Å². The molecular weight excluding hydrogens is 182 g/mol. The van der Waals surface area contributed by atoms with Crippen LogP contribution in [0.15, 0.2) is 0 Å². The molecule has 1 aliphatic rings. The zero-order chi connectivity index (χ0) is 11.4. The summed E-state index contributed by atoms with van der Waals surface area (Å²) in [6, 6.07) is 0. The first kappa shape index (κ1) is 13.9. The first-order chi connectivity index (χ1) is 6.36. The Morgan fingerprint density at radius 2 is 1.29 bits per heavy atom. The minimum atomic E-state index is -2.38. The topological polar surface area (TPSA) is 0 Å². The Hall–Kier alpha value is -0.140. The van der Waals surface area contributed by atoms with Crippen molar-refractivity contribution < 1.29 is 8.78 Å². The molecule has 0 saturated heterocycles. The quantitative estimate of drug-likeness (QED) is 0.573. The standard InChI is InChI=1S/C10H18F2.C2H6/c1-8(2)9(3)4-6-10(11,12)7-5-9;1-2/h8H,4-7H2,1-3H3;1-2H3. The van der Waals surface area contributed by atoms with E-state index in [9.17, 15) is 8.78 Å². The molecular formula is C12H24F2. The zero-order valence-electron chi connectivity index (χ0n) is 10.2. The van der Waals surface area contributed by atoms with Crippen LogP contribution in [-0.4, -0.2) is 5.92 Å². The maximum absolute atomic E-state index is 12.8. The molecule has 14 heavy (non-hydrogen) atoms. The summed E-state index contributed by atoms with van der Waals surface area (Å²) in [6.45, 7) is 10.4. The summed E-state index contributed by atoms with van der Waals surface area (Å²) in [7, 11) is 0. The Morgan fingerprint density at radius 1 is 0.929 bits per heavy atom. The lowest BCUT2D eigenvalue weighted by atomic mass is 9.68. The van der Waals surface area contributed by atoms with Crippen LogP contribution in [-0.2, 0) is 0 Å². The van der Waals surface area contributed by atoms with Crippen molar-refractivity contribution in [2.24, 2.45) is 11.3 Å². The van der Waals surface area contributed by atoms with Crippen molar-refractivity contribution in [2.75, 3.05) is 0 Å². The van der Waals surface area contributed by atoms with E-state index in [1.807, 2.05) is 13.8 Å². The third-order valence-corrected chi connectivity index (χ3v) is 3.52. The first-order valence-corrected chi connectivity index (χ1v) is 5.74. The van der Waals surface area contributed by atoms with Gasteiger partial charge in [0.1, 0.15) is 0 Å². The van der Waals surface area contributed by atoms with Crippen LogP contribution in [0.4, 0.5) is 8.78 Å². The fourth-order valence-electron chi connectivity index (χ4n) is 1.76. The van der Waals surface area contributed by atoms with Crippen LogP contribution in [0.1, 0.15) is 60.3 Å². The zero-order valence-corrected chi connectivity index (χ0v) is 10.2. The van der Waals surface area contributed by atoms with Gasteiger partial charge in [-0.15, -0.1) is 0 Å². The second-order valence-corrected chi connectivity index (χ2v) is 4.66. The molecule has 0 aromatic rings. The van der Waals surface area contributed by atoms with Crippen molar-refractivity contribution in [3.05, 3.63) is 0 Å². The molecule has 0 amide bonds. The number of hydrogen-bond acceptors (Lipinski definition) is 0. The van der Waals surface area contributed by atoms with Gasteiger partial charge in [0, 0.05) is 12.8 Å². The summed E-state index contributed by atoms with van der Waals surface area (Å²) in [4.78, 5) is 0. The molecule has 86 valence electrons. The first-order valence-electron chi connectivity index (χ1n) is 5.74. The molecule has 1 saturated carbocycles. The molecule has 0 radical (unpaired) electrons. The smallest absolute Gasteiger partial charge is 0.207 e. The molecule has 0 atom stereocenters. The highest BCUT2D eigenvalue weighted by Crippen LogP contribution is 2.47. The summed E-state index contributed by atoms with van der Waals surface area (Å²) in [5, 5.41) is 0. The maximum atomic E-state index is 12.8. The van der Waals surface area contributed by atoms with E-state index in [1.54, 1.807) is 0 Å². The van der Waals surface area contributed by atoms with E-state index < -0.39 is 5.92 Å². The van der Waals surface area contributed by atoms with Crippen LogP contribution in [0.3, 0.4) is 0 Å². The molecule has 0 bridgehead atoms. The van der Waals surface area contributed by atoms with E-state index in [0.29, 0.717) is 18.8 Å². The van der Waals surface area contributed by atoms with Crippen LogP contribution < -0.4 is 0 Å². The molecule has 0 heterocycles. The summed E-state index contributed by atoms with van der Waals surface area (Å²) in [6.07, 6.45) is 1.53. The summed E-state index contributed by atoms with van der Waals surface area (Å²) >= 11 is 0. The average Bonchev–Trinajstić information content (AvgIpc) is 2.14. The Kier molecular flexibility index (Phi) is 5.03.